The van der Waals surface area contributed by atoms with Gasteiger partial charge in [-0.25, -0.2) is 0 Å². The van der Waals surface area contributed by atoms with E-state index in [4.69, 9.17) is 16.3 Å². The fraction of sp³-hybridized carbons (Fsp3) is 0.440. The fourth-order valence-electron chi connectivity index (χ4n) is 3.69. The lowest BCUT2D eigenvalue weighted by Crippen LogP contribution is -2.50. The second kappa shape index (κ2) is 10.7. The Hall–Kier alpha value is -2.53. The zero-order chi connectivity index (χ0) is 22.3. The lowest BCUT2D eigenvalue weighted by atomic mass is 9.94. The molecule has 31 heavy (non-hydrogen) atoms. The summed E-state index contributed by atoms with van der Waals surface area (Å²) in [5, 5.41) is 6.65. The molecule has 0 heterocycles. The van der Waals surface area contributed by atoms with E-state index < -0.39 is 5.60 Å². The number of carbonyl (C=O) groups excluding carboxylic acids is 2. The summed E-state index contributed by atoms with van der Waals surface area (Å²) in [6.07, 6.45) is 6.40. The molecule has 1 aliphatic rings. The number of nitrogens with one attached hydrogen (secondary N) is 2. The minimum Gasteiger partial charge on any atom is -0.478 e. The van der Waals surface area contributed by atoms with Crippen LogP contribution in [-0.4, -0.2) is 30.0 Å². The highest BCUT2D eigenvalue weighted by atomic mass is 35.5. The number of carbonyl (C=O) groups is 2. The number of ether oxygens (including phenoxy) is 1. The van der Waals surface area contributed by atoms with Crippen molar-refractivity contribution in [1.29, 1.82) is 0 Å². The average molecular weight is 443 g/mol. The van der Waals surface area contributed by atoms with Crippen LogP contribution in [0.1, 0.15) is 61.9 Å². The number of halogens is 1. The van der Waals surface area contributed by atoms with Gasteiger partial charge in [-0.2, -0.15) is 0 Å². The summed E-state index contributed by atoms with van der Waals surface area (Å²) in [4.78, 5) is 24.8. The molecule has 6 heteroatoms. The van der Waals surface area contributed by atoms with E-state index in [1.807, 2.05) is 24.3 Å². The molecule has 0 saturated heterocycles. The largest absolute Gasteiger partial charge is 0.478 e. The molecule has 1 fully saturated rings. The quantitative estimate of drug-likeness (QED) is 0.609. The van der Waals surface area contributed by atoms with Gasteiger partial charge in [-0.3, -0.25) is 9.59 Å². The van der Waals surface area contributed by atoms with E-state index in [1.165, 1.54) is 19.3 Å². The summed E-state index contributed by atoms with van der Waals surface area (Å²) in [7, 11) is 0. The van der Waals surface area contributed by atoms with Gasteiger partial charge in [0.2, 0.25) is 0 Å². The third-order valence-electron chi connectivity index (χ3n) is 5.59. The number of hydrogen-bond donors (Lipinski definition) is 2. The van der Waals surface area contributed by atoms with Crippen molar-refractivity contribution in [3.8, 4) is 5.75 Å². The number of hydrogen-bond acceptors (Lipinski definition) is 3. The molecule has 3 rings (SSSR count). The molecule has 0 aromatic heterocycles. The zero-order valence-corrected chi connectivity index (χ0v) is 19.0. The van der Waals surface area contributed by atoms with Crippen molar-refractivity contribution in [3.05, 3.63) is 64.7 Å². The number of benzene rings is 2. The Morgan fingerprint density at radius 3 is 2.29 bits per heavy atom. The Labute approximate surface area is 189 Å². The van der Waals surface area contributed by atoms with Gasteiger partial charge >= 0.3 is 0 Å². The van der Waals surface area contributed by atoms with E-state index in [-0.39, 0.29) is 17.9 Å². The Morgan fingerprint density at radius 2 is 1.65 bits per heavy atom. The fourth-order valence-corrected chi connectivity index (χ4v) is 3.82. The molecule has 0 radical (unpaired) electrons. The van der Waals surface area contributed by atoms with Crippen molar-refractivity contribution in [2.45, 2.75) is 64.0 Å². The standard InChI is InChI=1S/C25H31ClN2O3/c1-25(2,24(30)28-21-6-4-3-5-7-21)31-22-14-8-18(9-15-22)16-17-27-23(29)19-10-12-20(26)13-11-19/h8-15,21H,3-7,16-17H2,1-2H3,(H,27,29)(H,28,30). The van der Waals surface area contributed by atoms with Crippen LogP contribution in [0, 0.1) is 0 Å². The van der Waals surface area contributed by atoms with Crippen LogP contribution in [-0.2, 0) is 11.2 Å². The van der Waals surface area contributed by atoms with E-state index in [0.29, 0.717) is 29.3 Å². The molecule has 2 amide bonds. The molecule has 2 aromatic rings. The van der Waals surface area contributed by atoms with Gasteiger partial charge in [-0.15, -0.1) is 0 Å². The van der Waals surface area contributed by atoms with Crippen LogP contribution >= 0.6 is 11.6 Å². The van der Waals surface area contributed by atoms with Gasteiger partial charge in [0.05, 0.1) is 0 Å². The Balaban J connectivity index is 1.46. The predicted octanol–water partition coefficient (Wildman–Crippen LogP) is 4.92. The average Bonchev–Trinajstić information content (AvgIpc) is 2.76. The molecule has 0 atom stereocenters. The first-order valence-electron chi connectivity index (χ1n) is 11.0. The zero-order valence-electron chi connectivity index (χ0n) is 18.2. The maximum Gasteiger partial charge on any atom is 0.263 e. The van der Waals surface area contributed by atoms with Gasteiger partial charge in [0, 0.05) is 23.2 Å². The molecule has 1 saturated carbocycles. The van der Waals surface area contributed by atoms with Crippen molar-refractivity contribution in [2.75, 3.05) is 6.54 Å². The lowest BCUT2D eigenvalue weighted by Gasteiger charge is -2.30. The van der Waals surface area contributed by atoms with E-state index in [0.717, 1.165) is 18.4 Å². The summed E-state index contributed by atoms with van der Waals surface area (Å²) in [5.41, 5.74) is 0.723. The second-order valence-electron chi connectivity index (χ2n) is 8.58. The maximum atomic E-state index is 12.7. The van der Waals surface area contributed by atoms with E-state index in [1.54, 1.807) is 38.1 Å². The molecule has 0 aliphatic heterocycles. The topological polar surface area (TPSA) is 67.4 Å². The molecular weight excluding hydrogens is 412 g/mol. The van der Waals surface area contributed by atoms with Gasteiger partial charge in [-0.05, 0) is 75.1 Å². The highest BCUT2D eigenvalue weighted by molar-refractivity contribution is 6.30. The third-order valence-corrected chi connectivity index (χ3v) is 5.84. The number of amides is 2. The Morgan fingerprint density at radius 1 is 1.00 bits per heavy atom. The van der Waals surface area contributed by atoms with E-state index in [9.17, 15) is 9.59 Å². The van der Waals surface area contributed by atoms with Crippen molar-refractivity contribution >= 4 is 23.4 Å². The highest BCUT2D eigenvalue weighted by Crippen LogP contribution is 2.22. The Bertz CT molecular complexity index is 873. The summed E-state index contributed by atoms with van der Waals surface area (Å²) < 4.78 is 5.98. The highest BCUT2D eigenvalue weighted by Gasteiger charge is 2.31. The van der Waals surface area contributed by atoms with Gasteiger partial charge in [0.25, 0.3) is 11.8 Å². The van der Waals surface area contributed by atoms with Crippen molar-refractivity contribution in [1.82, 2.24) is 10.6 Å². The molecule has 1 aliphatic carbocycles. The molecule has 2 N–H and O–H groups in total. The lowest BCUT2D eigenvalue weighted by molar-refractivity contribution is -0.135. The molecule has 0 unspecified atom stereocenters. The van der Waals surface area contributed by atoms with Crippen LogP contribution in [0.3, 0.4) is 0 Å². The maximum absolute atomic E-state index is 12.7. The molecule has 0 bridgehead atoms. The predicted molar refractivity (Wildman–Crippen MR) is 124 cm³/mol. The van der Waals surface area contributed by atoms with Crippen LogP contribution in [0.4, 0.5) is 0 Å². The van der Waals surface area contributed by atoms with E-state index in [2.05, 4.69) is 10.6 Å². The van der Waals surface area contributed by atoms with Crippen LogP contribution < -0.4 is 15.4 Å². The van der Waals surface area contributed by atoms with Gasteiger partial charge < -0.3 is 15.4 Å². The van der Waals surface area contributed by atoms with Crippen LogP contribution in [0.15, 0.2) is 48.5 Å². The van der Waals surface area contributed by atoms with Gasteiger partial charge in [0.15, 0.2) is 5.60 Å². The van der Waals surface area contributed by atoms with Crippen molar-refractivity contribution in [3.63, 3.8) is 0 Å². The number of rotatable bonds is 8. The summed E-state index contributed by atoms with van der Waals surface area (Å²) in [5.74, 6) is 0.452. The van der Waals surface area contributed by atoms with Crippen LogP contribution in [0.2, 0.25) is 5.02 Å². The second-order valence-corrected chi connectivity index (χ2v) is 9.01. The molecule has 0 spiro atoms. The van der Waals surface area contributed by atoms with Crippen LogP contribution in [0.25, 0.3) is 0 Å². The molecule has 2 aromatic carbocycles. The van der Waals surface area contributed by atoms with Gasteiger partial charge in [-0.1, -0.05) is 43.0 Å². The third kappa shape index (κ3) is 7.00. The van der Waals surface area contributed by atoms with E-state index >= 15 is 0 Å². The smallest absolute Gasteiger partial charge is 0.263 e. The monoisotopic (exact) mass is 442 g/mol. The van der Waals surface area contributed by atoms with Crippen molar-refractivity contribution < 1.29 is 14.3 Å². The summed E-state index contributed by atoms with van der Waals surface area (Å²) in [6, 6.07) is 14.7. The molecule has 166 valence electrons. The molecule has 5 nitrogen and oxygen atoms in total. The first kappa shape index (κ1) is 23.1. The van der Waals surface area contributed by atoms with Crippen LogP contribution in [0.5, 0.6) is 5.75 Å². The minimum absolute atomic E-state index is 0.0756. The Kier molecular flexibility index (Phi) is 7.97. The normalized spacial score (nSPS) is 14.7. The first-order chi connectivity index (χ1) is 14.8. The molecular formula is C25H31ClN2O3. The van der Waals surface area contributed by atoms with Crippen molar-refractivity contribution in [2.24, 2.45) is 0 Å². The minimum atomic E-state index is -0.939. The first-order valence-corrected chi connectivity index (χ1v) is 11.3. The summed E-state index contributed by atoms with van der Waals surface area (Å²) >= 11 is 5.85. The van der Waals surface area contributed by atoms with Gasteiger partial charge in [0.1, 0.15) is 5.75 Å². The SMILES string of the molecule is CC(C)(Oc1ccc(CCNC(=O)c2ccc(Cl)cc2)cc1)C(=O)NC1CCCCC1. The summed E-state index contributed by atoms with van der Waals surface area (Å²) in [6.45, 7) is 4.12.